The number of carboxylic acid groups (broad SMARTS) is 1. The summed E-state index contributed by atoms with van der Waals surface area (Å²) in [5.41, 5.74) is -0.104. The van der Waals surface area contributed by atoms with Crippen molar-refractivity contribution in [3.8, 4) is 0 Å². The van der Waals surface area contributed by atoms with E-state index in [2.05, 4.69) is 4.98 Å². The molecule has 0 unspecified atom stereocenters. The Morgan fingerprint density at radius 3 is 2.62 bits per heavy atom. The van der Waals surface area contributed by atoms with Crippen molar-refractivity contribution in [2.45, 2.75) is 33.1 Å². The van der Waals surface area contributed by atoms with Gasteiger partial charge in [0.1, 0.15) is 5.82 Å². The molecule has 1 fully saturated rings. The molecule has 0 spiro atoms. The Labute approximate surface area is 122 Å². The molecule has 21 heavy (non-hydrogen) atoms. The molecule has 0 radical (unpaired) electrons. The number of carboxylic acids is 1. The molecule has 0 amide bonds. The Bertz CT molecular complexity index is 565. The molecule has 1 aliphatic rings. The van der Waals surface area contributed by atoms with Gasteiger partial charge in [0, 0.05) is 24.8 Å². The lowest BCUT2D eigenvalue weighted by atomic mass is 9.76. The minimum Gasteiger partial charge on any atom is -0.481 e. The van der Waals surface area contributed by atoms with Gasteiger partial charge in [-0.2, -0.15) is 0 Å². The van der Waals surface area contributed by atoms with Gasteiger partial charge in [-0.3, -0.25) is 14.9 Å². The average molecular weight is 293 g/mol. The van der Waals surface area contributed by atoms with E-state index in [4.69, 9.17) is 0 Å². The van der Waals surface area contributed by atoms with Gasteiger partial charge in [0.05, 0.1) is 16.4 Å². The standard InChI is InChI=1S/C14H19N3O4/c1-3-14(13(18)19)4-6-16(7-5-14)12-8-11(17(20)21)10(2)9-15-12/h8-9H,3-7H2,1-2H3,(H,18,19). The van der Waals surface area contributed by atoms with Crippen LogP contribution in [0.15, 0.2) is 12.3 Å². The topological polar surface area (TPSA) is 96.6 Å². The molecule has 2 heterocycles. The number of anilines is 1. The molecule has 114 valence electrons. The van der Waals surface area contributed by atoms with Crippen LogP contribution in [-0.4, -0.2) is 34.1 Å². The van der Waals surface area contributed by atoms with Crippen LogP contribution in [0.4, 0.5) is 11.5 Å². The van der Waals surface area contributed by atoms with Gasteiger partial charge in [-0.05, 0) is 26.2 Å². The van der Waals surface area contributed by atoms with E-state index >= 15 is 0 Å². The van der Waals surface area contributed by atoms with Gasteiger partial charge in [0.2, 0.25) is 0 Å². The first kappa shape index (κ1) is 15.2. The molecule has 2 rings (SSSR count). The van der Waals surface area contributed by atoms with Crippen LogP contribution in [-0.2, 0) is 4.79 Å². The number of aromatic nitrogens is 1. The molecular weight excluding hydrogens is 274 g/mol. The molecule has 1 N–H and O–H groups in total. The maximum absolute atomic E-state index is 11.4. The third-order valence-electron chi connectivity index (χ3n) is 4.43. The Hall–Kier alpha value is -2.18. The van der Waals surface area contributed by atoms with Crippen molar-refractivity contribution in [1.29, 1.82) is 0 Å². The zero-order valence-corrected chi connectivity index (χ0v) is 12.2. The number of hydrogen-bond acceptors (Lipinski definition) is 5. The number of rotatable bonds is 4. The highest BCUT2D eigenvalue weighted by atomic mass is 16.6. The zero-order valence-electron chi connectivity index (χ0n) is 12.2. The van der Waals surface area contributed by atoms with Crippen molar-refractivity contribution in [2.75, 3.05) is 18.0 Å². The number of pyridine rings is 1. The maximum atomic E-state index is 11.4. The Morgan fingerprint density at radius 2 is 2.14 bits per heavy atom. The molecule has 1 aromatic rings. The number of carbonyl (C=O) groups is 1. The van der Waals surface area contributed by atoms with Crippen LogP contribution < -0.4 is 4.90 Å². The van der Waals surface area contributed by atoms with E-state index < -0.39 is 16.3 Å². The molecule has 0 aromatic carbocycles. The van der Waals surface area contributed by atoms with E-state index in [0.29, 0.717) is 43.7 Å². The highest BCUT2D eigenvalue weighted by Gasteiger charge is 2.40. The summed E-state index contributed by atoms with van der Waals surface area (Å²) in [7, 11) is 0. The third-order valence-corrected chi connectivity index (χ3v) is 4.43. The van der Waals surface area contributed by atoms with Crippen LogP contribution in [0.5, 0.6) is 0 Å². The number of piperidine rings is 1. The molecule has 1 aliphatic heterocycles. The molecule has 0 atom stereocenters. The molecule has 0 bridgehead atoms. The van der Waals surface area contributed by atoms with Crippen LogP contribution in [0.1, 0.15) is 31.7 Å². The molecule has 0 aliphatic carbocycles. The van der Waals surface area contributed by atoms with Gasteiger partial charge < -0.3 is 10.0 Å². The van der Waals surface area contributed by atoms with Crippen molar-refractivity contribution in [2.24, 2.45) is 5.41 Å². The molecular formula is C14H19N3O4. The third kappa shape index (κ3) is 2.81. The van der Waals surface area contributed by atoms with E-state index in [1.807, 2.05) is 11.8 Å². The van der Waals surface area contributed by atoms with Crippen LogP contribution >= 0.6 is 0 Å². The summed E-state index contributed by atoms with van der Waals surface area (Å²) >= 11 is 0. The van der Waals surface area contributed by atoms with E-state index in [0.717, 1.165) is 0 Å². The second-order valence-electron chi connectivity index (χ2n) is 5.51. The summed E-state index contributed by atoms with van der Waals surface area (Å²) in [6.45, 7) is 4.64. The van der Waals surface area contributed by atoms with E-state index in [-0.39, 0.29) is 5.69 Å². The van der Waals surface area contributed by atoms with Gasteiger partial charge in [-0.1, -0.05) is 6.92 Å². The van der Waals surface area contributed by atoms with E-state index in [9.17, 15) is 20.0 Å². The summed E-state index contributed by atoms with van der Waals surface area (Å²) in [5.74, 6) is -0.213. The lowest BCUT2D eigenvalue weighted by molar-refractivity contribution is -0.385. The van der Waals surface area contributed by atoms with Crippen molar-refractivity contribution in [3.05, 3.63) is 27.9 Å². The average Bonchev–Trinajstić information content (AvgIpc) is 2.47. The predicted octanol–water partition coefficient (Wildman–Crippen LogP) is 2.38. The van der Waals surface area contributed by atoms with Crippen LogP contribution in [0.2, 0.25) is 0 Å². The predicted molar refractivity (Wildman–Crippen MR) is 77.4 cm³/mol. The fourth-order valence-corrected chi connectivity index (χ4v) is 2.75. The SMILES string of the molecule is CCC1(C(=O)O)CCN(c2cc([N+](=O)[O-])c(C)cn2)CC1. The van der Waals surface area contributed by atoms with Crippen molar-refractivity contribution in [3.63, 3.8) is 0 Å². The lowest BCUT2D eigenvalue weighted by Crippen LogP contribution is -2.44. The highest BCUT2D eigenvalue weighted by Crippen LogP contribution is 2.36. The number of hydrogen-bond donors (Lipinski definition) is 1. The quantitative estimate of drug-likeness (QED) is 0.676. The number of nitro groups is 1. The molecule has 7 heteroatoms. The lowest BCUT2D eigenvalue weighted by Gasteiger charge is -2.38. The fraction of sp³-hybridized carbons (Fsp3) is 0.571. The fourth-order valence-electron chi connectivity index (χ4n) is 2.75. The molecule has 0 saturated carbocycles. The smallest absolute Gasteiger partial charge is 0.309 e. The normalized spacial score (nSPS) is 17.5. The minimum absolute atomic E-state index is 0.0468. The van der Waals surface area contributed by atoms with Gasteiger partial charge in [-0.15, -0.1) is 0 Å². The Morgan fingerprint density at radius 1 is 1.52 bits per heavy atom. The second-order valence-corrected chi connectivity index (χ2v) is 5.51. The van der Waals surface area contributed by atoms with Gasteiger partial charge in [-0.25, -0.2) is 4.98 Å². The number of nitrogens with zero attached hydrogens (tertiary/aromatic N) is 3. The highest BCUT2D eigenvalue weighted by molar-refractivity contribution is 5.75. The number of aliphatic carboxylic acids is 1. The summed E-state index contributed by atoms with van der Waals surface area (Å²) < 4.78 is 0. The summed E-state index contributed by atoms with van der Waals surface area (Å²) in [6, 6.07) is 1.47. The van der Waals surface area contributed by atoms with Gasteiger partial charge in [0.15, 0.2) is 0 Å². The summed E-state index contributed by atoms with van der Waals surface area (Å²) in [6.07, 6.45) is 3.15. The van der Waals surface area contributed by atoms with E-state index in [1.165, 1.54) is 12.3 Å². The molecule has 7 nitrogen and oxygen atoms in total. The van der Waals surface area contributed by atoms with Crippen LogP contribution in [0.3, 0.4) is 0 Å². The van der Waals surface area contributed by atoms with Crippen molar-refractivity contribution < 1.29 is 14.8 Å². The zero-order chi connectivity index (χ0) is 15.6. The Kier molecular flexibility index (Phi) is 4.11. The van der Waals surface area contributed by atoms with E-state index in [1.54, 1.807) is 6.92 Å². The number of aryl methyl sites for hydroxylation is 1. The first-order chi connectivity index (χ1) is 9.89. The summed E-state index contributed by atoms with van der Waals surface area (Å²) in [4.78, 5) is 28.1. The minimum atomic E-state index is -0.757. The molecule has 1 saturated heterocycles. The van der Waals surface area contributed by atoms with Crippen molar-refractivity contribution in [1.82, 2.24) is 4.98 Å². The first-order valence-corrected chi connectivity index (χ1v) is 6.99. The molecule has 1 aromatic heterocycles. The summed E-state index contributed by atoms with van der Waals surface area (Å²) in [5, 5.41) is 20.4. The van der Waals surface area contributed by atoms with Crippen LogP contribution in [0.25, 0.3) is 0 Å². The largest absolute Gasteiger partial charge is 0.481 e. The monoisotopic (exact) mass is 293 g/mol. The maximum Gasteiger partial charge on any atom is 0.309 e. The van der Waals surface area contributed by atoms with Crippen LogP contribution in [0, 0.1) is 22.5 Å². The van der Waals surface area contributed by atoms with Crippen molar-refractivity contribution >= 4 is 17.5 Å². The second kappa shape index (κ2) is 5.67. The first-order valence-electron chi connectivity index (χ1n) is 6.99. The Balaban J connectivity index is 2.18. The van der Waals surface area contributed by atoms with Gasteiger partial charge in [0.25, 0.3) is 5.69 Å². The van der Waals surface area contributed by atoms with Gasteiger partial charge >= 0.3 is 5.97 Å².